The van der Waals surface area contributed by atoms with Crippen LogP contribution in [0.1, 0.15) is 36.8 Å². The summed E-state index contributed by atoms with van der Waals surface area (Å²) in [6, 6.07) is 8.00. The van der Waals surface area contributed by atoms with Gasteiger partial charge in [0.1, 0.15) is 11.6 Å². The molecule has 0 aliphatic carbocycles. The first-order chi connectivity index (χ1) is 20.0. The summed E-state index contributed by atoms with van der Waals surface area (Å²) in [7, 11) is 1.25. The number of hydrogen-bond donors (Lipinski definition) is 3. The number of nitrogens with two attached hydrogens (primary N) is 1. The lowest BCUT2D eigenvalue weighted by atomic mass is 10.0. The zero-order chi connectivity index (χ0) is 30.3. The number of methoxy groups -OCH3 is 1. The summed E-state index contributed by atoms with van der Waals surface area (Å²) in [6.45, 7) is 7.77. The number of rotatable bonds is 8. The Balaban J connectivity index is 1.48. The number of carbonyl (C=O) groups excluding carboxylic acids is 3. The number of nitrogen functional groups attached to an aromatic ring is 1. The molecule has 0 radical (unpaired) electrons. The van der Waals surface area contributed by atoms with E-state index in [-0.39, 0.29) is 17.9 Å². The van der Waals surface area contributed by atoms with Crippen LogP contribution in [0.15, 0.2) is 48.9 Å². The van der Waals surface area contributed by atoms with Gasteiger partial charge in [0.15, 0.2) is 11.5 Å². The van der Waals surface area contributed by atoms with Crippen LogP contribution in [0.2, 0.25) is 0 Å². The van der Waals surface area contributed by atoms with Crippen LogP contribution >= 0.6 is 0 Å². The lowest BCUT2D eigenvalue weighted by Gasteiger charge is -2.30. The molecule has 2 aromatic heterocycles. The first kappa shape index (κ1) is 30.2. The van der Waals surface area contributed by atoms with E-state index in [9.17, 15) is 14.4 Å². The second-order valence-electron chi connectivity index (χ2n) is 10.6. The lowest BCUT2D eigenvalue weighted by Crippen LogP contribution is -2.45. The molecule has 3 aromatic rings. The molecule has 1 aliphatic heterocycles. The highest BCUT2D eigenvalue weighted by Crippen LogP contribution is 2.27. The van der Waals surface area contributed by atoms with Crippen molar-refractivity contribution in [1.29, 1.82) is 0 Å². The third kappa shape index (κ3) is 7.91. The molecule has 1 saturated heterocycles. The van der Waals surface area contributed by atoms with Gasteiger partial charge in [0.05, 0.1) is 49.8 Å². The number of pyridine rings is 1. The minimum absolute atomic E-state index is 0.0150. The molecule has 0 saturated carbocycles. The quantitative estimate of drug-likeness (QED) is 0.336. The molecular weight excluding hydrogens is 542 g/mol. The molecule has 1 atom stereocenters. The number of esters is 1. The molecule has 1 aromatic carbocycles. The molecule has 2 amide bonds. The van der Waals surface area contributed by atoms with Crippen molar-refractivity contribution in [2.75, 3.05) is 49.4 Å². The molecule has 0 bridgehead atoms. The number of nitrogens with one attached hydrogen (secondary N) is 2. The first-order valence-corrected chi connectivity index (χ1v) is 13.4. The van der Waals surface area contributed by atoms with Gasteiger partial charge >= 0.3 is 12.1 Å². The predicted molar refractivity (Wildman–Crippen MR) is 156 cm³/mol. The van der Waals surface area contributed by atoms with Crippen LogP contribution in [-0.2, 0) is 25.4 Å². The third-order valence-corrected chi connectivity index (χ3v) is 6.28. The molecule has 1 aliphatic rings. The Labute approximate surface area is 243 Å². The fourth-order valence-corrected chi connectivity index (χ4v) is 4.28. The minimum Gasteiger partial charge on any atom is -0.467 e. The van der Waals surface area contributed by atoms with Crippen molar-refractivity contribution in [1.82, 2.24) is 20.3 Å². The van der Waals surface area contributed by atoms with Crippen LogP contribution in [-0.4, -0.2) is 78.0 Å². The average Bonchev–Trinajstić information content (AvgIpc) is 2.97. The van der Waals surface area contributed by atoms with Gasteiger partial charge in [-0.2, -0.15) is 0 Å². The van der Waals surface area contributed by atoms with Gasteiger partial charge in [-0.15, -0.1) is 0 Å². The molecule has 13 nitrogen and oxygen atoms in total. The number of aromatic nitrogens is 3. The summed E-state index contributed by atoms with van der Waals surface area (Å²) in [4.78, 5) is 52.7. The Kier molecular flexibility index (Phi) is 9.53. The van der Waals surface area contributed by atoms with E-state index in [0.29, 0.717) is 43.2 Å². The van der Waals surface area contributed by atoms with E-state index < -0.39 is 29.6 Å². The van der Waals surface area contributed by atoms with Crippen molar-refractivity contribution in [2.45, 2.75) is 38.8 Å². The molecule has 0 spiro atoms. The number of ether oxygens (including phenoxy) is 3. The van der Waals surface area contributed by atoms with Gasteiger partial charge in [-0.25, -0.2) is 19.6 Å². The molecule has 1 unspecified atom stereocenters. The maximum atomic E-state index is 13.2. The van der Waals surface area contributed by atoms with Crippen LogP contribution in [0.25, 0.3) is 11.3 Å². The average molecular weight is 578 g/mol. The number of hydrogen-bond acceptors (Lipinski definition) is 11. The van der Waals surface area contributed by atoms with Gasteiger partial charge in [-0.1, -0.05) is 24.3 Å². The van der Waals surface area contributed by atoms with Gasteiger partial charge in [-0.05, 0) is 32.4 Å². The fourth-order valence-electron chi connectivity index (χ4n) is 4.28. The topological polar surface area (TPSA) is 171 Å². The summed E-state index contributed by atoms with van der Waals surface area (Å²) in [5, 5.41) is 5.42. The van der Waals surface area contributed by atoms with E-state index in [0.717, 1.165) is 11.3 Å². The monoisotopic (exact) mass is 577 g/mol. The van der Waals surface area contributed by atoms with Crippen molar-refractivity contribution in [3.63, 3.8) is 0 Å². The van der Waals surface area contributed by atoms with Gasteiger partial charge in [0.2, 0.25) is 0 Å². The number of anilines is 3. The SMILES string of the molecule is COC(=O)C(Cc1ccc(-c2cnc(N)c(C(=O)Nc3cnccc3N3CCOCC3)n2)cc1)NC(=O)OC(C)(C)C. The maximum Gasteiger partial charge on any atom is 0.408 e. The maximum absolute atomic E-state index is 13.2. The Morgan fingerprint density at radius 2 is 1.81 bits per heavy atom. The largest absolute Gasteiger partial charge is 0.467 e. The third-order valence-electron chi connectivity index (χ3n) is 6.28. The van der Waals surface area contributed by atoms with Crippen LogP contribution in [0, 0.1) is 0 Å². The molecule has 4 N–H and O–H groups in total. The molecular formula is C29H35N7O6. The Morgan fingerprint density at radius 3 is 2.48 bits per heavy atom. The number of morpholine rings is 1. The number of carbonyl (C=O) groups is 3. The van der Waals surface area contributed by atoms with Crippen LogP contribution < -0.4 is 21.3 Å². The second-order valence-corrected chi connectivity index (χ2v) is 10.6. The highest BCUT2D eigenvalue weighted by Gasteiger charge is 2.25. The Bertz CT molecular complexity index is 1420. The van der Waals surface area contributed by atoms with Gasteiger partial charge in [0, 0.05) is 31.3 Å². The van der Waals surface area contributed by atoms with E-state index in [1.165, 1.54) is 13.3 Å². The van der Waals surface area contributed by atoms with Crippen molar-refractivity contribution in [3.05, 3.63) is 60.2 Å². The van der Waals surface area contributed by atoms with E-state index in [1.54, 1.807) is 57.4 Å². The second kappa shape index (κ2) is 13.3. The highest BCUT2D eigenvalue weighted by molar-refractivity contribution is 6.07. The summed E-state index contributed by atoms with van der Waals surface area (Å²) in [6.07, 6.45) is 4.17. The predicted octanol–water partition coefficient (Wildman–Crippen LogP) is 2.82. The number of benzene rings is 1. The van der Waals surface area contributed by atoms with Crippen LogP contribution in [0.4, 0.5) is 22.0 Å². The normalized spacial score (nSPS) is 14.0. The highest BCUT2D eigenvalue weighted by atomic mass is 16.6. The van der Waals surface area contributed by atoms with E-state index in [1.807, 2.05) is 6.07 Å². The zero-order valence-corrected chi connectivity index (χ0v) is 24.0. The summed E-state index contributed by atoms with van der Waals surface area (Å²) >= 11 is 0. The van der Waals surface area contributed by atoms with E-state index in [2.05, 4.69) is 30.5 Å². The van der Waals surface area contributed by atoms with Crippen molar-refractivity contribution in [3.8, 4) is 11.3 Å². The fraction of sp³-hybridized carbons (Fsp3) is 0.379. The van der Waals surface area contributed by atoms with Gasteiger partial charge < -0.3 is 35.5 Å². The van der Waals surface area contributed by atoms with E-state index >= 15 is 0 Å². The molecule has 4 rings (SSSR count). The zero-order valence-electron chi connectivity index (χ0n) is 24.0. The van der Waals surface area contributed by atoms with Crippen molar-refractivity contribution in [2.24, 2.45) is 0 Å². The number of amides is 2. The summed E-state index contributed by atoms with van der Waals surface area (Å²) < 4.78 is 15.5. The Hall–Kier alpha value is -4.78. The summed E-state index contributed by atoms with van der Waals surface area (Å²) in [5.74, 6) is -1.13. The molecule has 42 heavy (non-hydrogen) atoms. The first-order valence-electron chi connectivity index (χ1n) is 13.4. The van der Waals surface area contributed by atoms with Crippen molar-refractivity contribution >= 4 is 35.2 Å². The standard InChI is InChI=1S/C29H35N7O6/c1-29(2,3)42-28(39)35-20(27(38)40-4)15-18-5-7-19(8-6-18)21-17-32-25(30)24(33-21)26(37)34-22-16-31-10-9-23(22)36-11-13-41-14-12-36/h5-10,16-17,20H,11-15H2,1-4H3,(H2,30,32)(H,34,37)(H,35,39). The minimum atomic E-state index is -0.947. The molecule has 222 valence electrons. The number of alkyl carbamates (subject to hydrolysis) is 1. The number of nitrogens with zero attached hydrogens (tertiary/aromatic N) is 4. The molecule has 13 heteroatoms. The van der Waals surface area contributed by atoms with E-state index in [4.69, 9.17) is 19.9 Å². The van der Waals surface area contributed by atoms with Gasteiger partial charge in [0.25, 0.3) is 5.91 Å². The molecule has 3 heterocycles. The Morgan fingerprint density at radius 1 is 1.10 bits per heavy atom. The van der Waals surface area contributed by atoms with Crippen molar-refractivity contribution < 1.29 is 28.6 Å². The smallest absolute Gasteiger partial charge is 0.408 e. The van der Waals surface area contributed by atoms with Crippen LogP contribution in [0.5, 0.6) is 0 Å². The van der Waals surface area contributed by atoms with Crippen LogP contribution in [0.3, 0.4) is 0 Å². The van der Waals surface area contributed by atoms with Gasteiger partial charge in [-0.3, -0.25) is 9.78 Å². The lowest BCUT2D eigenvalue weighted by molar-refractivity contribution is -0.143. The molecule has 1 fully saturated rings. The summed E-state index contributed by atoms with van der Waals surface area (Å²) in [5.41, 5.74) is 8.49.